The van der Waals surface area contributed by atoms with Gasteiger partial charge in [-0.1, -0.05) is 36.4 Å². The first-order valence-corrected chi connectivity index (χ1v) is 10.9. The lowest BCUT2D eigenvalue weighted by Gasteiger charge is -2.27. The smallest absolute Gasteiger partial charge is 0.322 e. The number of rotatable bonds is 5. The van der Waals surface area contributed by atoms with Crippen molar-refractivity contribution in [2.24, 2.45) is 5.92 Å². The molecule has 1 unspecified atom stereocenters. The van der Waals surface area contributed by atoms with Crippen LogP contribution in [0.15, 0.2) is 72.8 Å². The Morgan fingerprint density at radius 3 is 2.38 bits per heavy atom. The van der Waals surface area contributed by atoms with Gasteiger partial charge in [-0.15, -0.1) is 0 Å². The summed E-state index contributed by atoms with van der Waals surface area (Å²) < 4.78 is 16.2. The molecule has 3 aromatic rings. The Bertz CT molecular complexity index is 1200. The lowest BCUT2D eigenvalue weighted by Crippen LogP contribution is -2.36. The maximum Gasteiger partial charge on any atom is 0.322 e. The molecule has 8 heteroatoms. The van der Waals surface area contributed by atoms with Crippen LogP contribution in [0, 0.1) is 5.92 Å². The number of aliphatic carboxylic acids is 1. The van der Waals surface area contributed by atoms with E-state index in [-0.39, 0.29) is 19.4 Å². The molecule has 2 heterocycles. The molecule has 8 nitrogen and oxygen atoms in total. The Balaban J connectivity index is 1.54. The van der Waals surface area contributed by atoms with Crippen molar-refractivity contribution in [2.75, 3.05) is 25.8 Å². The minimum Gasteiger partial charge on any atom is -0.497 e. The van der Waals surface area contributed by atoms with Crippen LogP contribution >= 0.6 is 0 Å². The third kappa shape index (κ3) is 3.98. The van der Waals surface area contributed by atoms with Crippen molar-refractivity contribution in [1.29, 1.82) is 0 Å². The lowest BCUT2D eigenvalue weighted by atomic mass is 9.83. The molecule has 1 fully saturated rings. The number of nitrogens with zero attached hydrogens (tertiary/aromatic N) is 1. The van der Waals surface area contributed by atoms with Gasteiger partial charge in [0.25, 0.3) is 0 Å². The number of ether oxygens (including phenoxy) is 3. The fourth-order valence-corrected chi connectivity index (χ4v) is 4.73. The number of carbonyl (C=O) groups is 2. The van der Waals surface area contributed by atoms with Crippen molar-refractivity contribution < 1.29 is 28.9 Å². The Kier molecular flexibility index (Phi) is 5.71. The minimum atomic E-state index is -0.974. The summed E-state index contributed by atoms with van der Waals surface area (Å²) >= 11 is 0. The Labute approximate surface area is 196 Å². The van der Waals surface area contributed by atoms with Crippen LogP contribution in [0.1, 0.15) is 23.1 Å². The topological polar surface area (TPSA) is 97.3 Å². The third-order valence-corrected chi connectivity index (χ3v) is 6.36. The van der Waals surface area contributed by atoms with Gasteiger partial charge in [0, 0.05) is 18.2 Å². The SMILES string of the molecule is COc1ccc([C@@H]2[C@@H](C(=O)O)C(c3ccc4c(c3)OCO4)CN2C(=O)Nc2ccccc2)cc1. The summed E-state index contributed by atoms with van der Waals surface area (Å²) in [5.41, 5.74) is 2.14. The van der Waals surface area contributed by atoms with Crippen LogP contribution in [0.2, 0.25) is 0 Å². The van der Waals surface area contributed by atoms with Crippen molar-refractivity contribution >= 4 is 17.7 Å². The van der Waals surface area contributed by atoms with E-state index >= 15 is 0 Å². The number of carboxylic acid groups (broad SMARTS) is 1. The zero-order chi connectivity index (χ0) is 23.7. The van der Waals surface area contributed by atoms with E-state index in [9.17, 15) is 14.7 Å². The molecule has 0 aromatic heterocycles. The summed E-state index contributed by atoms with van der Waals surface area (Å²) in [7, 11) is 1.57. The molecule has 2 aliphatic heterocycles. The second kappa shape index (κ2) is 8.97. The molecule has 1 saturated heterocycles. The Hall–Kier alpha value is -4.20. The molecule has 3 atom stereocenters. The number of hydrogen-bond acceptors (Lipinski definition) is 5. The van der Waals surface area contributed by atoms with Gasteiger partial charge in [-0.3, -0.25) is 4.79 Å². The molecule has 2 aliphatic rings. The van der Waals surface area contributed by atoms with E-state index in [1.165, 1.54) is 0 Å². The number of carboxylic acids is 1. The lowest BCUT2D eigenvalue weighted by molar-refractivity contribution is -0.142. The second-order valence-corrected chi connectivity index (χ2v) is 8.25. The van der Waals surface area contributed by atoms with Gasteiger partial charge in [0.05, 0.1) is 19.1 Å². The third-order valence-electron chi connectivity index (χ3n) is 6.36. The number of carbonyl (C=O) groups excluding carboxylic acids is 1. The van der Waals surface area contributed by atoms with Crippen molar-refractivity contribution in [3.63, 3.8) is 0 Å². The van der Waals surface area contributed by atoms with Crippen LogP contribution in [-0.2, 0) is 4.79 Å². The standard InChI is InChI=1S/C26H24N2O6/c1-32-19-10-7-16(8-11-19)24-23(25(29)30)20(17-9-12-21-22(13-17)34-15-33-21)14-28(24)26(31)27-18-5-3-2-4-6-18/h2-13,20,23-24H,14-15H2,1H3,(H,27,31)(H,29,30)/t20?,23-,24+/m0/s1. The first-order chi connectivity index (χ1) is 16.5. The second-order valence-electron chi connectivity index (χ2n) is 8.25. The number of methoxy groups -OCH3 is 1. The average molecular weight is 460 g/mol. The number of hydrogen-bond donors (Lipinski definition) is 2. The molecule has 2 N–H and O–H groups in total. The summed E-state index contributed by atoms with van der Waals surface area (Å²) in [6.45, 7) is 0.359. The maximum atomic E-state index is 13.4. The number of urea groups is 1. The number of fused-ring (bicyclic) bond motifs is 1. The first kappa shape index (κ1) is 21.6. The van der Waals surface area contributed by atoms with Gasteiger partial charge in [-0.05, 0) is 47.5 Å². The maximum absolute atomic E-state index is 13.4. The normalized spacial score (nSPS) is 20.7. The summed E-state index contributed by atoms with van der Waals surface area (Å²) in [6, 6.07) is 20.7. The van der Waals surface area contributed by atoms with Crippen LogP contribution in [0.25, 0.3) is 0 Å². The molecule has 0 bridgehead atoms. The van der Waals surface area contributed by atoms with Crippen LogP contribution in [0.3, 0.4) is 0 Å². The fourth-order valence-electron chi connectivity index (χ4n) is 4.73. The van der Waals surface area contributed by atoms with Gasteiger partial charge in [-0.25, -0.2) is 4.79 Å². The van der Waals surface area contributed by atoms with E-state index in [1.54, 1.807) is 42.3 Å². The van der Waals surface area contributed by atoms with E-state index < -0.39 is 23.8 Å². The van der Waals surface area contributed by atoms with Crippen LogP contribution in [-0.4, -0.2) is 42.5 Å². The van der Waals surface area contributed by atoms with E-state index in [2.05, 4.69) is 5.32 Å². The van der Waals surface area contributed by atoms with Crippen LogP contribution in [0.4, 0.5) is 10.5 Å². The molecular formula is C26H24N2O6. The van der Waals surface area contributed by atoms with E-state index in [4.69, 9.17) is 14.2 Å². The molecule has 2 amide bonds. The number of nitrogens with one attached hydrogen (secondary N) is 1. The molecule has 0 saturated carbocycles. The molecule has 174 valence electrons. The Morgan fingerprint density at radius 2 is 1.68 bits per heavy atom. The summed E-state index contributed by atoms with van der Waals surface area (Å²) in [5.74, 6) is -0.426. The molecule has 34 heavy (non-hydrogen) atoms. The highest BCUT2D eigenvalue weighted by molar-refractivity contribution is 5.91. The Morgan fingerprint density at radius 1 is 0.971 bits per heavy atom. The number of anilines is 1. The van der Waals surface area contributed by atoms with Gasteiger partial charge in [0.1, 0.15) is 5.75 Å². The molecule has 0 spiro atoms. The van der Waals surface area contributed by atoms with Crippen LogP contribution < -0.4 is 19.5 Å². The van der Waals surface area contributed by atoms with E-state index in [0.717, 1.165) is 11.1 Å². The quantitative estimate of drug-likeness (QED) is 0.582. The summed E-state index contributed by atoms with van der Waals surface area (Å²) in [6.07, 6.45) is 0. The molecule has 0 radical (unpaired) electrons. The zero-order valence-electron chi connectivity index (χ0n) is 18.5. The van der Waals surface area contributed by atoms with E-state index in [0.29, 0.717) is 22.9 Å². The minimum absolute atomic E-state index is 0.131. The average Bonchev–Trinajstić information content (AvgIpc) is 3.49. The van der Waals surface area contributed by atoms with Gasteiger partial charge < -0.3 is 29.5 Å². The number of likely N-dealkylation sites (tertiary alicyclic amines) is 1. The number of para-hydroxylation sites is 1. The highest BCUT2D eigenvalue weighted by Crippen LogP contribution is 2.48. The molecular weight excluding hydrogens is 436 g/mol. The van der Waals surface area contributed by atoms with Crippen molar-refractivity contribution in [2.45, 2.75) is 12.0 Å². The highest BCUT2D eigenvalue weighted by Gasteiger charge is 2.49. The molecule has 3 aromatic carbocycles. The zero-order valence-corrected chi connectivity index (χ0v) is 18.5. The number of benzene rings is 3. The predicted octanol–water partition coefficient (Wildman–Crippen LogP) is 4.50. The first-order valence-electron chi connectivity index (χ1n) is 10.9. The number of amides is 2. The van der Waals surface area contributed by atoms with Gasteiger partial charge in [-0.2, -0.15) is 0 Å². The van der Waals surface area contributed by atoms with Crippen LogP contribution in [0.5, 0.6) is 17.2 Å². The molecule has 5 rings (SSSR count). The monoisotopic (exact) mass is 460 g/mol. The predicted molar refractivity (Wildman–Crippen MR) is 124 cm³/mol. The van der Waals surface area contributed by atoms with Gasteiger partial charge in [0.2, 0.25) is 6.79 Å². The fraction of sp³-hybridized carbons (Fsp3) is 0.231. The van der Waals surface area contributed by atoms with Crippen molar-refractivity contribution in [1.82, 2.24) is 4.90 Å². The van der Waals surface area contributed by atoms with Crippen molar-refractivity contribution in [3.8, 4) is 17.2 Å². The largest absolute Gasteiger partial charge is 0.497 e. The summed E-state index contributed by atoms with van der Waals surface area (Å²) in [4.78, 5) is 27.6. The highest BCUT2D eigenvalue weighted by atomic mass is 16.7. The van der Waals surface area contributed by atoms with Crippen molar-refractivity contribution in [3.05, 3.63) is 83.9 Å². The van der Waals surface area contributed by atoms with E-state index in [1.807, 2.05) is 42.5 Å². The van der Waals surface area contributed by atoms with Gasteiger partial charge >= 0.3 is 12.0 Å². The summed E-state index contributed by atoms with van der Waals surface area (Å²) in [5, 5.41) is 13.2. The van der Waals surface area contributed by atoms with Gasteiger partial charge in [0.15, 0.2) is 11.5 Å². The molecule has 0 aliphatic carbocycles.